The minimum Gasteiger partial charge on any atom is -0.339 e. The zero-order chi connectivity index (χ0) is 17.0. The standard InChI is InChI=1S/C19H24N4O/c1-19(2,15-16-7-4-3-5-8-16)17(24)22-11-13-23(14-12-22)18-20-9-6-10-21-18/h3-10H,11-15H2,1-2H3. The number of piperazine rings is 1. The number of carbonyl (C=O) groups is 1. The molecule has 1 aliphatic heterocycles. The molecule has 1 aromatic carbocycles. The summed E-state index contributed by atoms with van der Waals surface area (Å²) in [7, 11) is 0. The van der Waals surface area contributed by atoms with Crippen molar-refractivity contribution in [3.63, 3.8) is 0 Å². The van der Waals surface area contributed by atoms with Gasteiger partial charge in [-0.25, -0.2) is 9.97 Å². The van der Waals surface area contributed by atoms with Gasteiger partial charge in [0.1, 0.15) is 0 Å². The van der Waals surface area contributed by atoms with Gasteiger partial charge in [-0.15, -0.1) is 0 Å². The van der Waals surface area contributed by atoms with Crippen molar-refractivity contribution in [2.45, 2.75) is 20.3 Å². The molecule has 1 amide bonds. The van der Waals surface area contributed by atoms with Gasteiger partial charge in [-0.1, -0.05) is 44.2 Å². The third kappa shape index (κ3) is 3.72. The number of nitrogens with zero attached hydrogens (tertiary/aromatic N) is 4. The maximum absolute atomic E-state index is 12.9. The van der Waals surface area contributed by atoms with Gasteiger partial charge < -0.3 is 9.80 Å². The van der Waals surface area contributed by atoms with Crippen LogP contribution in [0.15, 0.2) is 48.8 Å². The van der Waals surface area contributed by atoms with E-state index in [9.17, 15) is 4.79 Å². The normalized spacial score (nSPS) is 15.4. The van der Waals surface area contributed by atoms with Crippen LogP contribution in [0.3, 0.4) is 0 Å². The first-order valence-corrected chi connectivity index (χ1v) is 8.41. The van der Waals surface area contributed by atoms with Crippen molar-refractivity contribution in [3.05, 3.63) is 54.4 Å². The van der Waals surface area contributed by atoms with E-state index in [2.05, 4.69) is 27.0 Å². The molecule has 0 radical (unpaired) electrons. The van der Waals surface area contributed by atoms with E-state index in [0.29, 0.717) is 0 Å². The second kappa shape index (κ2) is 6.99. The quantitative estimate of drug-likeness (QED) is 0.866. The van der Waals surface area contributed by atoms with Gasteiger partial charge in [0, 0.05) is 44.0 Å². The third-order valence-corrected chi connectivity index (χ3v) is 4.47. The average Bonchev–Trinajstić information content (AvgIpc) is 2.62. The number of anilines is 1. The Balaban J connectivity index is 1.60. The number of carbonyl (C=O) groups excluding carboxylic acids is 1. The van der Waals surface area contributed by atoms with Gasteiger partial charge in [-0.2, -0.15) is 0 Å². The first kappa shape index (κ1) is 16.4. The topological polar surface area (TPSA) is 49.3 Å². The molecule has 3 rings (SSSR count). The highest BCUT2D eigenvalue weighted by atomic mass is 16.2. The summed E-state index contributed by atoms with van der Waals surface area (Å²) in [5.74, 6) is 0.966. The fourth-order valence-corrected chi connectivity index (χ4v) is 3.17. The second-order valence-electron chi connectivity index (χ2n) is 6.87. The van der Waals surface area contributed by atoms with E-state index in [4.69, 9.17) is 0 Å². The second-order valence-corrected chi connectivity index (χ2v) is 6.87. The van der Waals surface area contributed by atoms with Gasteiger partial charge in [0.05, 0.1) is 0 Å². The van der Waals surface area contributed by atoms with Crippen molar-refractivity contribution in [3.8, 4) is 0 Å². The Morgan fingerprint density at radius 1 is 1.00 bits per heavy atom. The van der Waals surface area contributed by atoms with Crippen molar-refractivity contribution < 1.29 is 4.79 Å². The molecule has 126 valence electrons. The molecule has 1 aliphatic rings. The molecule has 0 aliphatic carbocycles. The van der Waals surface area contributed by atoms with E-state index < -0.39 is 5.41 Å². The summed E-state index contributed by atoms with van der Waals surface area (Å²) in [5.41, 5.74) is 0.805. The summed E-state index contributed by atoms with van der Waals surface area (Å²) in [5, 5.41) is 0. The van der Waals surface area contributed by atoms with Gasteiger partial charge in [-0.3, -0.25) is 4.79 Å². The molecule has 5 heteroatoms. The lowest BCUT2D eigenvalue weighted by atomic mass is 9.84. The number of aromatic nitrogens is 2. The Morgan fingerprint density at radius 2 is 1.62 bits per heavy atom. The molecule has 0 saturated carbocycles. The molecule has 0 atom stereocenters. The van der Waals surface area contributed by atoms with Crippen LogP contribution in [0.4, 0.5) is 5.95 Å². The molecule has 2 heterocycles. The lowest BCUT2D eigenvalue weighted by Crippen LogP contribution is -2.52. The molecule has 1 fully saturated rings. The first-order valence-electron chi connectivity index (χ1n) is 8.41. The van der Waals surface area contributed by atoms with Crippen LogP contribution in [0, 0.1) is 5.41 Å². The molecular weight excluding hydrogens is 300 g/mol. The summed E-state index contributed by atoms with van der Waals surface area (Å²) in [6.45, 7) is 7.06. The van der Waals surface area contributed by atoms with Crippen molar-refractivity contribution in [1.29, 1.82) is 0 Å². The van der Waals surface area contributed by atoms with Gasteiger partial charge in [0.15, 0.2) is 0 Å². The zero-order valence-electron chi connectivity index (χ0n) is 14.4. The molecule has 0 bridgehead atoms. The van der Waals surface area contributed by atoms with Crippen molar-refractivity contribution >= 4 is 11.9 Å². The highest BCUT2D eigenvalue weighted by Crippen LogP contribution is 2.25. The van der Waals surface area contributed by atoms with Crippen LogP contribution in [-0.4, -0.2) is 47.0 Å². The summed E-state index contributed by atoms with van der Waals surface area (Å²) in [6.07, 6.45) is 4.26. The smallest absolute Gasteiger partial charge is 0.228 e. The minimum atomic E-state index is -0.396. The van der Waals surface area contributed by atoms with Crippen molar-refractivity contribution in [2.24, 2.45) is 5.41 Å². The number of amides is 1. The van der Waals surface area contributed by atoms with E-state index in [1.54, 1.807) is 12.4 Å². The molecule has 2 aromatic rings. The molecule has 24 heavy (non-hydrogen) atoms. The van der Waals surface area contributed by atoms with Gasteiger partial charge in [-0.05, 0) is 18.1 Å². The van der Waals surface area contributed by atoms with Crippen molar-refractivity contribution in [2.75, 3.05) is 31.1 Å². The molecule has 1 aromatic heterocycles. The van der Waals surface area contributed by atoms with E-state index in [1.807, 2.05) is 43.0 Å². The zero-order valence-corrected chi connectivity index (χ0v) is 14.4. The fraction of sp³-hybridized carbons (Fsp3) is 0.421. The van der Waals surface area contributed by atoms with Crippen LogP contribution < -0.4 is 4.90 Å². The van der Waals surface area contributed by atoms with Crippen LogP contribution in [0.1, 0.15) is 19.4 Å². The Morgan fingerprint density at radius 3 is 2.25 bits per heavy atom. The van der Waals surface area contributed by atoms with Crippen LogP contribution in [-0.2, 0) is 11.2 Å². The van der Waals surface area contributed by atoms with Crippen LogP contribution >= 0.6 is 0 Å². The number of hydrogen-bond donors (Lipinski definition) is 0. The Kier molecular flexibility index (Phi) is 4.79. The maximum Gasteiger partial charge on any atom is 0.228 e. The maximum atomic E-state index is 12.9. The third-order valence-electron chi connectivity index (χ3n) is 4.47. The van der Waals surface area contributed by atoms with Gasteiger partial charge in [0.25, 0.3) is 0 Å². The number of hydrogen-bond acceptors (Lipinski definition) is 4. The Labute approximate surface area is 143 Å². The van der Waals surface area contributed by atoms with E-state index >= 15 is 0 Å². The highest BCUT2D eigenvalue weighted by Gasteiger charge is 2.34. The molecular formula is C19H24N4O. The SMILES string of the molecule is CC(C)(Cc1ccccc1)C(=O)N1CCN(c2ncccn2)CC1. The molecule has 0 spiro atoms. The van der Waals surface area contributed by atoms with E-state index in [0.717, 1.165) is 38.5 Å². The molecule has 0 N–H and O–H groups in total. The summed E-state index contributed by atoms with van der Waals surface area (Å²) >= 11 is 0. The summed E-state index contributed by atoms with van der Waals surface area (Å²) in [4.78, 5) is 25.6. The fourth-order valence-electron chi connectivity index (χ4n) is 3.17. The lowest BCUT2D eigenvalue weighted by Gasteiger charge is -2.38. The van der Waals surface area contributed by atoms with Crippen LogP contribution in [0.2, 0.25) is 0 Å². The Bertz CT molecular complexity index is 664. The molecule has 5 nitrogen and oxygen atoms in total. The van der Waals surface area contributed by atoms with Gasteiger partial charge >= 0.3 is 0 Å². The van der Waals surface area contributed by atoms with Crippen LogP contribution in [0.25, 0.3) is 0 Å². The molecule has 0 unspecified atom stereocenters. The summed E-state index contributed by atoms with van der Waals surface area (Å²) in [6, 6.07) is 12.0. The van der Waals surface area contributed by atoms with E-state index in [-0.39, 0.29) is 5.91 Å². The van der Waals surface area contributed by atoms with Gasteiger partial charge in [0.2, 0.25) is 11.9 Å². The first-order chi connectivity index (χ1) is 11.6. The Hall–Kier alpha value is -2.43. The summed E-state index contributed by atoms with van der Waals surface area (Å²) < 4.78 is 0. The lowest BCUT2D eigenvalue weighted by molar-refractivity contribution is -0.140. The predicted octanol–water partition coefficient (Wildman–Crippen LogP) is 2.39. The largest absolute Gasteiger partial charge is 0.339 e. The van der Waals surface area contributed by atoms with E-state index in [1.165, 1.54) is 5.56 Å². The van der Waals surface area contributed by atoms with Crippen molar-refractivity contribution in [1.82, 2.24) is 14.9 Å². The van der Waals surface area contributed by atoms with Crippen LogP contribution in [0.5, 0.6) is 0 Å². The number of benzene rings is 1. The monoisotopic (exact) mass is 324 g/mol. The molecule has 1 saturated heterocycles. The highest BCUT2D eigenvalue weighted by molar-refractivity contribution is 5.82. The predicted molar refractivity (Wildman–Crippen MR) is 94.8 cm³/mol. The average molecular weight is 324 g/mol. The minimum absolute atomic E-state index is 0.222. The number of rotatable bonds is 4.